The van der Waals surface area contributed by atoms with Crippen LogP contribution in [0.3, 0.4) is 0 Å². The molecule has 2 nitrogen and oxygen atoms in total. The summed E-state index contributed by atoms with van der Waals surface area (Å²) in [5.74, 6) is 0. The monoisotopic (exact) mass is 272 g/mol. The Morgan fingerprint density at radius 1 is 1.32 bits per heavy atom. The third kappa shape index (κ3) is 2.28. The molecule has 1 aromatic carbocycles. The first kappa shape index (κ1) is 12.7. The minimum atomic E-state index is 0.467. The molecule has 0 fully saturated rings. The highest BCUT2D eigenvalue weighted by Crippen LogP contribution is 2.37. The van der Waals surface area contributed by atoms with Gasteiger partial charge in [0.15, 0.2) is 0 Å². The topological polar surface area (TPSA) is 29.3 Å². The Balaban J connectivity index is 1.95. The second-order valence-electron chi connectivity index (χ2n) is 5.09. The molecular formula is C16H20N2S. The molecule has 1 aliphatic rings. The number of fused-ring (bicyclic) bond motifs is 1. The highest BCUT2D eigenvalue weighted by atomic mass is 32.1. The molecule has 0 radical (unpaired) electrons. The number of benzene rings is 1. The molecule has 100 valence electrons. The molecule has 0 aliphatic carbocycles. The third-order valence-electron chi connectivity index (χ3n) is 3.99. The van der Waals surface area contributed by atoms with Crippen molar-refractivity contribution in [2.45, 2.75) is 25.8 Å². The number of anilines is 1. The summed E-state index contributed by atoms with van der Waals surface area (Å²) in [5.41, 5.74) is 9.97. The Morgan fingerprint density at radius 2 is 2.16 bits per heavy atom. The molecule has 1 atom stereocenters. The van der Waals surface area contributed by atoms with Gasteiger partial charge in [0.1, 0.15) is 0 Å². The van der Waals surface area contributed by atoms with Gasteiger partial charge < -0.3 is 10.6 Å². The highest BCUT2D eigenvalue weighted by molar-refractivity contribution is 7.10. The van der Waals surface area contributed by atoms with Gasteiger partial charge in [0.2, 0.25) is 0 Å². The maximum absolute atomic E-state index is 5.74. The number of thiophene rings is 1. The minimum absolute atomic E-state index is 0.467. The highest BCUT2D eigenvalue weighted by Gasteiger charge is 2.25. The third-order valence-corrected chi connectivity index (χ3v) is 4.99. The largest absolute Gasteiger partial charge is 0.364 e. The van der Waals surface area contributed by atoms with Gasteiger partial charge >= 0.3 is 0 Å². The number of nitrogens with two attached hydrogens (primary N) is 1. The van der Waals surface area contributed by atoms with Gasteiger partial charge in [0.05, 0.1) is 6.04 Å². The lowest BCUT2D eigenvalue weighted by molar-refractivity contribution is 0.629. The van der Waals surface area contributed by atoms with Gasteiger partial charge in [-0.15, -0.1) is 11.3 Å². The number of rotatable bonds is 3. The molecule has 2 N–H and O–H groups in total. The van der Waals surface area contributed by atoms with Crippen LogP contribution in [0.25, 0.3) is 0 Å². The summed E-state index contributed by atoms with van der Waals surface area (Å²) in [6.45, 7) is 4.13. The smallest absolute Gasteiger partial charge is 0.0525 e. The predicted octanol–water partition coefficient (Wildman–Crippen LogP) is 3.37. The quantitative estimate of drug-likeness (QED) is 0.928. The van der Waals surface area contributed by atoms with Crippen LogP contribution in [0, 0.1) is 0 Å². The van der Waals surface area contributed by atoms with Gasteiger partial charge in [-0.1, -0.05) is 18.2 Å². The van der Waals surface area contributed by atoms with Crippen LogP contribution in [0.15, 0.2) is 35.7 Å². The zero-order chi connectivity index (χ0) is 13.2. The molecule has 0 spiro atoms. The molecule has 1 aromatic heterocycles. The van der Waals surface area contributed by atoms with Crippen LogP contribution >= 0.6 is 11.3 Å². The van der Waals surface area contributed by atoms with Gasteiger partial charge in [-0.05, 0) is 54.9 Å². The summed E-state index contributed by atoms with van der Waals surface area (Å²) in [6, 6.07) is 11.4. The van der Waals surface area contributed by atoms with Crippen LogP contribution in [0.2, 0.25) is 0 Å². The van der Waals surface area contributed by atoms with Crippen LogP contribution in [0.5, 0.6) is 0 Å². The second kappa shape index (κ2) is 5.35. The minimum Gasteiger partial charge on any atom is -0.364 e. The Labute approximate surface area is 118 Å². The maximum atomic E-state index is 5.74. The fourth-order valence-electron chi connectivity index (χ4n) is 3.00. The van der Waals surface area contributed by atoms with E-state index in [1.165, 1.54) is 16.8 Å². The molecule has 0 saturated carbocycles. The normalized spacial score (nSPS) is 18.4. The first-order valence-corrected chi connectivity index (χ1v) is 7.80. The average Bonchev–Trinajstić information content (AvgIpc) is 2.90. The Kier molecular flexibility index (Phi) is 3.58. The van der Waals surface area contributed by atoms with Crippen LogP contribution in [-0.2, 0) is 12.8 Å². The zero-order valence-corrected chi connectivity index (χ0v) is 12.1. The van der Waals surface area contributed by atoms with Crippen LogP contribution < -0.4 is 10.6 Å². The summed E-state index contributed by atoms with van der Waals surface area (Å²) >= 11 is 1.89. The van der Waals surface area contributed by atoms with Crippen molar-refractivity contribution in [1.82, 2.24) is 0 Å². The van der Waals surface area contributed by atoms with E-state index in [1.54, 1.807) is 4.88 Å². The van der Waals surface area contributed by atoms with E-state index in [-0.39, 0.29) is 0 Å². The summed E-state index contributed by atoms with van der Waals surface area (Å²) in [4.78, 5) is 4.08. The average molecular weight is 272 g/mol. The number of nitrogens with zero attached hydrogens (tertiary/aromatic N) is 1. The van der Waals surface area contributed by atoms with Crippen LogP contribution in [0.1, 0.15) is 29.0 Å². The number of hydrogen-bond donors (Lipinski definition) is 1. The van der Waals surface area contributed by atoms with Crippen molar-refractivity contribution in [2.24, 2.45) is 5.73 Å². The lowest BCUT2D eigenvalue weighted by atomic mass is 9.98. The van der Waals surface area contributed by atoms with Gasteiger partial charge in [-0.2, -0.15) is 0 Å². The van der Waals surface area contributed by atoms with Gasteiger partial charge in [0, 0.05) is 17.1 Å². The summed E-state index contributed by atoms with van der Waals surface area (Å²) < 4.78 is 0. The lowest BCUT2D eigenvalue weighted by Gasteiger charge is -2.36. The molecule has 0 saturated heterocycles. The van der Waals surface area contributed by atoms with Crippen molar-refractivity contribution in [2.75, 3.05) is 18.0 Å². The number of hydrogen-bond acceptors (Lipinski definition) is 3. The molecule has 0 amide bonds. The first-order valence-electron chi connectivity index (χ1n) is 6.92. The van der Waals surface area contributed by atoms with E-state index in [0.29, 0.717) is 12.6 Å². The standard InChI is InChI=1S/C16H20N2S/c1-12-14-8-11-19-16(14)7-10-18(12)15-5-3-2-4-13(15)6-9-17/h2-5,8,11-12H,6-7,9-10,17H2,1H3. The molecule has 19 heavy (non-hydrogen) atoms. The van der Waals surface area contributed by atoms with Gasteiger partial charge in [-0.3, -0.25) is 0 Å². The zero-order valence-electron chi connectivity index (χ0n) is 11.3. The summed E-state index contributed by atoms with van der Waals surface area (Å²) in [7, 11) is 0. The van der Waals surface area contributed by atoms with E-state index >= 15 is 0 Å². The van der Waals surface area contributed by atoms with Crippen molar-refractivity contribution >= 4 is 17.0 Å². The molecule has 0 bridgehead atoms. The molecular weight excluding hydrogens is 252 g/mol. The van der Waals surface area contributed by atoms with E-state index in [4.69, 9.17) is 5.73 Å². The van der Waals surface area contributed by atoms with E-state index in [9.17, 15) is 0 Å². The second-order valence-corrected chi connectivity index (χ2v) is 6.09. The molecule has 3 rings (SSSR count). The van der Waals surface area contributed by atoms with Crippen molar-refractivity contribution in [3.63, 3.8) is 0 Å². The Morgan fingerprint density at radius 3 is 3.00 bits per heavy atom. The molecule has 1 unspecified atom stereocenters. The van der Waals surface area contributed by atoms with Crippen molar-refractivity contribution in [3.8, 4) is 0 Å². The SMILES string of the molecule is CC1c2ccsc2CCN1c1ccccc1CCN. The Hall–Kier alpha value is -1.32. The van der Waals surface area contributed by atoms with Crippen molar-refractivity contribution in [1.29, 1.82) is 0 Å². The summed E-state index contributed by atoms with van der Waals surface area (Å²) in [6.07, 6.45) is 2.12. The van der Waals surface area contributed by atoms with E-state index < -0.39 is 0 Å². The molecule has 2 aromatic rings. The van der Waals surface area contributed by atoms with E-state index in [2.05, 4.69) is 47.5 Å². The molecule has 3 heteroatoms. The van der Waals surface area contributed by atoms with Crippen molar-refractivity contribution in [3.05, 3.63) is 51.7 Å². The van der Waals surface area contributed by atoms with Crippen molar-refractivity contribution < 1.29 is 0 Å². The van der Waals surface area contributed by atoms with Gasteiger partial charge in [0.25, 0.3) is 0 Å². The van der Waals surface area contributed by atoms with Crippen LogP contribution in [-0.4, -0.2) is 13.1 Å². The molecule has 1 aliphatic heterocycles. The number of para-hydroxylation sites is 1. The molecule has 2 heterocycles. The van der Waals surface area contributed by atoms with E-state index in [1.807, 2.05) is 11.3 Å². The first-order chi connectivity index (χ1) is 9.31. The predicted molar refractivity (Wildman–Crippen MR) is 83.0 cm³/mol. The van der Waals surface area contributed by atoms with E-state index in [0.717, 1.165) is 19.4 Å². The van der Waals surface area contributed by atoms with Crippen LogP contribution in [0.4, 0.5) is 5.69 Å². The fraction of sp³-hybridized carbons (Fsp3) is 0.375. The van der Waals surface area contributed by atoms with Gasteiger partial charge in [-0.25, -0.2) is 0 Å². The Bertz CT molecular complexity index is 561. The lowest BCUT2D eigenvalue weighted by Crippen LogP contribution is -2.33. The maximum Gasteiger partial charge on any atom is 0.0525 e. The fourth-order valence-corrected chi connectivity index (χ4v) is 3.96. The summed E-state index contributed by atoms with van der Waals surface area (Å²) in [5, 5.41) is 2.22.